The molecule has 1 N–H and O–H groups in total. The second kappa shape index (κ2) is 8.22. The molecule has 1 aromatic heterocycles. The number of hydrogen-bond donors (Lipinski definition) is 1. The molecule has 158 valence electrons. The highest BCUT2D eigenvalue weighted by Gasteiger charge is 2.35. The predicted molar refractivity (Wildman–Crippen MR) is 111 cm³/mol. The molecule has 0 spiro atoms. The van der Waals surface area contributed by atoms with Crippen LogP contribution in [0.4, 0.5) is 0 Å². The first kappa shape index (κ1) is 19.3. The number of carbonyl (C=O) groups excluding carboxylic acids is 2. The Morgan fingerprint density at radius 1 is 1.07 bits per heavy atom. The van der Waals surface area contributed by atoms with Crippen LogP contribution in [0.2, 0.25) is 0 Å². The van der Waals surface area contributed by atoms with E-state index in [0.717, 1.165) is 63.0 Å². The van der Waals surface area contributed by atoms with Crippen molar-refractivity contribution in [3.8, 4) is 0 Å². The van der Waals surface area contributed by atoms with Crippen molar-refractivity contribution in [1.82, 2.24) is 20.0 Å². The molecule has 0 radical (unpaired) electrons. The number of nitrogens with zero attached hydrogens (tertiary/aromatic N) is 3. The summed E-state index contributed by atoms with van der Waals surface area (Å²) in [5.74, 6) is 0.175. The Balaban J connectivity index is 1.33. The van der Waals surface area contributed by atoms with Gasteiger partial charge in [-0.25, -0.2) is 0 Å². The molecule has 7 nitrogen and oxygen atoms in total. The van der Waals surface area contributed by atoms with Crippen LogP contribution in [-0.4, -0.2) is 64.6 Å². The van der Waals surface area contributed by atoms with Crippen molar-refractivity contribution in [3.63, 3.8) is 0 Å². The Hall–Kier alpha value is -2.67. The highest BCUT2D eigenvalue weighted by Crippen LogP contribution is 2.33. The van der Waals surface area contributed by atoms with E-state index in [1.54, 1.807) is 6.20 Å². The Morgan fingerprint density at radius 2 is 1.87 bits per heavy atom. The zero-order valence-corrected chi connectivity index (χ0v) is 17.2. The molecule has 4 heterocycles. The highest BCUT2D eigenvalue weighted by molar-refractivity contribution is 5.95. The molecule has 2 fully saturated rings. The fourth-order valence-electron chi connectivity index (χ4n) is 5.05. The van der Waals surface area contributed by atoms with Crippen molar-refractivity contribution >= 4 is 11.8 Å². The minimum absolute atomic E-state index is 0.0267. The van der Waals surface area contributed by atoms with E-state index in [9.17, 15) is 9.59 Å². The predicted octanol–water partition coefficient (Wildman–Crippen LogP) is 2.67. The van der Waals surface area contributed by atoms with Gasteiger partial charge in [0.2, 0.25) is 0 Å². The summed E-state index contributed by atoms with van der Waals surface area (Å²) in [6.45, 7) is 3.51. The Morgan fingerprint density at radius 3 is 2.73 bits per heavy atom. The monoisotopic (exact) mass is 408 g/mol. The summed E-state index contributed by atoms with van der Waals surface area (Å²) in [6.07, 6.45) is 5.94. The summed E-state index contributed by atoms with van der Waals surface area (Å²) >= 11 is 0. The molecule has 2 amide bonds. The summed E-state index contributed by atoms with van der Waals surface area (Å²) in [5, 5.41) is 7.25. The van der Waals surface area contributed by atoms with Crippen LogP contribution < -0.4 is 0 Å². The van der Waals surface area contributed by atoms with Crippen molar-refractivity contribution in [3.05, 3.63) is 52.8 Å². The van der Waals surface area contributed by atoms with E-state index < -0.39 is 6.10 Å². The molecule has 0 aliphatic carbocycles. The summed E-state index contributed by atoms with van der Waals surface area (Å²) in [6, 6.07) is 8.06. The van der Waals surface area contributed by atoms with Gasteiger partial charge in [-0.1, -0.05) is 24.3 Å². The van der Waals surface area contributed by atoms with E-state index >= 15 is 0 Å². The van der Waals surface area contributed by atoms with Gasteiger partial charge in [0.25, 0.3) is 11.8 Å². The number of H-pyrrole nitrogens is 1. The average molecular weight is 409 g/mol. The molecule has 2 saturated heterocycles. The maximum absolute atomic E-state index is 13.4. The third-order valence-corrected chi connectivity index (χ3v) is 6.65. The number of ether oxygens (including phenoxy) is 1. The first-order valence-corrected chi connectivity index (χ1v) is 11.0. The summed E-state index contributed by atoms with van der Waals surface area (Å²) in [5.41, 5.74) is 3.72. The van der Waals surface area contributed by atoms with Crippen molar-refractivity contribution in [2.24, 2.45) is 0 Å². The summed E-state index contributed by atoms with van der Waals surface area (Å²) in [4.78, 5) is 30.1. The van der Waals surface area contributed by atoms with Crippen LogP contribution in [0, 0.1) is 0 Å². The molecule has 2 atom stereocenters. The topological polar surface area (TPSA) is 78.5 Å². The smallest absolute Gasteiger partial charge is 0.257 e. The molecule has 2 unspecified atom stereocenters. The van der Waals surface area contributed by atoms with E-state index in [-0.39, 0.29) is 17.7 Å². The third-order valence-electron chi connectivity index (χ3n) is 6.65. The molecule has 3 aliphatic heterocycles. The van der Waals surface area contributed by atoms with Crippen LogP contribution in [0.15, 0.2) is 30.5 Å². The fourth-order valence-corrected chi connectivity index (χ4v) is 5.05. The number of amides is 2. The molecule has 30 heavy (non-hydrogen) atoms. The number of aromatic nitrogens is 2. The number of hydrogen-bond acceptors (Lipinski definition) is 4. The molecule has 7 heteroatoms. The zero-order valence-electron chi connectivity index (χ0n) is 17.2. The van der Waals surface area contributed by atoms with Crippen LogP contribution in [0.3, 0.4) is 0 Å². The van der Waals surface area contributed by atoms with Gasteiger partial charge in [0, 0.05) is 32.1 Å². The lowest BCUT2D eigenvalue weighted by molar-refractivity contribution is -0.146. The number of aromatic amines is 1. The van der Waals surface area contributed by atoms with E-state index in [0.29, 0.717) is 18.7 Å². The normalized spacial score (nSPS) is 24.0. The Kier molecular flexibility index (Phi) is 5.29. The lowest BCUT2D eigenvalue weighted by Crippen LogP contribution is -2.43. The first-order valence-electron chi connectivity index (χ1n) is 11.0. The molecule has 0 bridgehead atoms. The number of likely N-dealkylation sites (tertiary alicyclic amines) is 2. The molecular formula is C23H28N4O3. The van der Waals surface area contributed by atoms with Gasteiger partial charge >= 0.3 is 0 Å². The molecule has 2 aromatic rings. The number of rotatable bonds is 3. The Labute approximate surface area is 176 Å². The molecule has 0 saturated carbocycles. The largest absolute Gasteiger partial charge is 0.363 e. The van der Waals surface area contributed by atoms with E-state index in [1.165, 1.54) is 5.56 Å². The second-order valence-corrected chi connectivity index (χ2v) is 8.52. The Bertz CT molecular complexity index is 934. The maximum Gasteiger partial charge on any atom is 0.257 e. The number of benzene rings is 1. The lowest BCUT2D eigenvalue weighted by atomic mass is 9.91. The van der Waals surface area contributed by atoms with Gasteiger partial charge in [0.1, 0.15) is 0 Å². The molecule has 1 aromatic carbocycles. The molecular weight excluding hydrogens is 380 g/mol. The van der Waals surface area contributed by atoms with Crippen molar-refractivity contribution in [2.75, 3.05) is 32.8 Å². The van der Waals surface area contributed by atoms with E-state index in [1.807, 2.05) is 28.0 Å². The van der Waals surface area contributed by atoms with Gasteiger partial charge in [-0.2, -0.15) is 5.10 Å². The standard InChI is InChI=1S/C23H28N4O3/c28-22(26-10-3-4-11-26)19-14-24-25-20(19)17-7-5-12-27(15-17)23(29)21-18-8-2-1-6-16(18)9-13-30-21/h1-2,6,8,14,17,21H,3-5,7,9-13,15H2,(H,24,25). The number of fused-ring (bicyclic) bond motifs is 1. The molecule has 5 rings (SSSR count). The van der Waals surface area contributed by atoms with Crippen LogP contribution in [0.1, 0.15) is 64.9 Å². The summed E-state index contributed by atoms with van der Waals surface area (Å²) < 4.78 is 5.90. The zero-order chi connectivity index (χ0) is 20.5. The lowest BCUT2D eigenvalue weighted by Gasteiger charge is -2.36. The van der Waals surface area contributed by atoms with Crippen LogP contribution >= 0.6 is 0 Å². The minimum Gasteiger partial charge on any atom is -0.363 e. The van der Waals surface area contributed by atoms with Gasteiger partial charge in [-0.3, -0.25) is 14.7 Å². The number of nitrogens with one attached hydrogen (secondary N) is 1. The van der Waals surface area contributed by atoms with Crippen molar-refractivity contribution in [1.29, 1.82) is 0 Å². The average Bonchev–Trinajstić information content (AvgIpc) is 3.50. The van der Waals surface area contributed by atoms with E-state index in [4.69, 9.17) is 4.74 Å². The highest BCUT2D eigenvalue weighted by atomic mass is 16.5. The second-order valence-electron chi connectivity index (χ2n) is 8.52. The van der Waals surface area contributed by atoms with Gasteiger partial charge < -0.3 is 14.5 Å². The van der Waals surface area contributed by atoms with Gasteiger partial charge in [-0.05, 0) is 43.2 Å². The van der Waals surface area contributed by atoms with Crippen LogP contribution in [0.5, 0.6) is 0 Å². The number of piperidine rings is 1. The van der Waals surface area contributed by atoms with Crippen molar-refractivity contribution in [2.45, 2.75) is 44.1 Å². The first-order chi connectivity index (χ1) is 14.7. The van der Waals surface area contributed by atoms with Crippen LogP contribution in [-0.2, 0) is 16.0 Å². The maximum atomic E-state index is 13.4. The minimum atomic E-state index is -0.527. The fraction of sp³-hybridized carbons (Fsp3) is 0.522. The quantitative estimate of drug-likeness (QED) is 0.847. The van der Waals surface area contributed by atoms with Gasteiger partial charge in [0.05, 0.1) is 24.1 Å². The van der Waals surface area contributed by atoms with Gasteiger partial charge in [0.15, 0.2) is 6.10 Å². The summed E-state index contributed by atoms with van der Waals surface area (Å²) in [7, 11) is 0. The third kappa shape index (κ3) is 3.51. The number of carbonyl (C=O) groups is 2. The van der Waals surface area contributed by atoms with Gasteiger partial charge in [-0.15, -0.1) is 0 Å². The molecule has 3 aliphatic rings. The van der Waals surface area contributed by atoms with Crippen LogP contribution in [0.25, 0.3) is 0 Å². The van der Waals surface area contributed by atoms with E-state index in [2.05, 4.69) is 16.3 Å². The SMILES string of the molecule is O=C(c1cn[nH]c1C1CCCN(C(=O)C2OCCc3ccccc32)C1)N1CCCC1. The van der Waals surface area contributed by atoms with Crippen molar-refractivity contribution < 1.29 is 14.3 Å².